The first kappa shape index (κ1) is 18.9. The summed E-state index contributed by atoms with van der Waals surface area (Å²) in [5.74, 6) is 7.10. The standard InChI is InChI=1S/C25H18ClNO2/c1-27-23-6-4-3-5-22(23)24(25(27)28)21(18-10-14-20(29-2)15-11-18)16-9-17-7-12-19(26)13-8-17/h3-8,10-15H,1-2H3/b24-21-. The predicted octanol–water partition coefficient (Wildman–Crippen LogP) is 5.29. The van der Waals surface area contributed by atoms with E-state index in [1.165, 1.54) is 0 Å². The quantitative estimate of drug-likeness (QED) is 0.433. The molecule has 0 fully saturated rings. The Balaban J connectivity index is 1.92. The molecule has 1 heterocycles. The summed E-state index contributed by atoms with van der Waals surface area (Å²) in [7, 11) is 3.41. The summed E-state index contributed by atoms with van der Waals surface area (Å²) in [5.41, 5.74) is 4.75. The van der Waals surface area contributed by atoms with Gasteiger partial charge in [-0.3, -0.25) is 4.79 Å². The van der Waals surface area contributed by atoms with Crippen molar-refractivity contribution in [3.8, 4) is 17.6 Å². The SMILES string of the molecule is COc1ccc(/C(C#Cc2ccc(Cl)cc2)=C2\C(=O)N(C)c3ccccc32)cc1. The fourth-order valence-corrected chi connectivity index (χ4v) is 3.44. The van der Waals surface area contributed by atoms with Crippen LogP contribution in [0.2, 0.25) is 5.02 Å². The highest BCUT2D eigenvalue weighted by Gasteiger charge is 2.32. The summed E-state index contributed by atoms with van der Waals surface area (Å²) < 4.78 is 5.27. The third-order valence-corrected chi connectivity index (χ3v) is 5.11. The lowest BCUT2D eigenvalue weighted by Gasteiger charge is -2.09. The number of ether oxygens (including phenoxy) is 1. The van der Waals surface area contributed by atoms with Gasteiger partial charge in [0.15, 0.2) is 0 Å². The number of halogens is 1. The molecule has 0 N–H and O–H groups in total. The molecule has 3 aromatic rings. The largest absolute Gasteiger partial charge is 0.497 e. The molecule has 3 aromatic carbocycles. The summed E-state index contributed by atoms with van der Waals surface area (Å²) in [4.78, 5) is 14.8. The van der Waals surface area contributed by atoms with Gasteiger partial charge in [-0.2, -0.15) is 0 Å². The summed E-state index contributed by atoms with van der Waals surface area (Å²) in [6.07, 6.45) is 0. The molecule has 1 aliphatic rings. The Morgan fingerprint density at radius 2 is 1.66 bits per heavy atom. The zero-order chi connectivity index (χ0) is 20.4. The molecule has 0 bridgehead atoms. The van der Waals surface area contributed by atoms with E-state index in [0.29, 0.717) is 16.2 Å². The van der Waals surface area contributed by atoms with Crippen molar-refractivity contribution in [2.75, 3.05) is 19.1 Å². The van der Waals surface area contributed by atoms with E-state index in [1.807, 2.05) is 60.7 Å². The first-order valence-corrected chi connectivity index (χ1v) is 9.50. The molecule has 1 aliphatic heterocycles. The molecule has 142 valence electrons. The molecule has 29 heavy (non-hydrogen) atoms. The summed E-state index contributed by atoms with van der Waals surface area (Å²) >= 11 is 5.97. The van der Waals surface area contributed by atoms with Gasteiger partial charge in [0.05, 0.1) is 18.4 Å². The minimum Gasteiger partial charge on any atom is -0.497 e. The van der Waals surface area contributed by atoms with E-state index in [2.05, 4.69) is 11.8 Å². The number of amides is 1. The Hall–Kier alpha value is -3.48. The van der Waals surface area contributed by atoms with Crippen molar-refractivity contribution in [2.24, 2.45) is 0 Å². The first-order valence-electron chi connectivity index (χ1n) is 9.12. The summed E-state index contributed by atoms with van der Waals surface area (Å²) in [5, 5.41) is 0.658. The van der Waals surface area contributed by atoms with Gasteiger partial charge in [-0.05, 0) is 48.0 Å². The zero-order valence-electron chi connectivity index (χ0n) is 16.1. The minimum absolute atomic E-state index is 0.0672. The van der Waals surface area contributed by atoms with Crippen molar-refractivity contribution in [1.82, 2.24) is 0 Å². The highest BCUT2D eigenvalue weighted by atomic mass is 35.5. The molecule has 0 atom stereocenters. The number of likely N-dealkylation sites (N-methyl/N-ethyl adjacent to an activating group) is 1. The Morgan fingerprint density at radius 1 is 0.966 bits per heavy atom. The fourth-order valence-electron chi connectivity index (χ4n) is 3.32. The molecule has 0 saturated carbocycles. The first-order chi connectivity index (χ1) is 14.1. The van der Waals surface area contributed by atoms with E-state index >= 15 is 0 Å². The van der Waals surface area contributed by atoms with Crippen LogP contribution < -0.4 is 9.64 Å². The second kappa shape index (κ2) is 7.87. The van der Waals surface area contributed by atoms with Crippen molar-refractivity contribution in [2.45, 2.75) is 0 Å². The predicted molar refractivity (Wildman–Crippen MR) is 118 cm³/mol. The van der Waals surface area contributed by atoms with Crippen LogP contribution in [0.15, 0.2) is 72.8 Å². The van der Waals surface area contributed by atoms with Gasteiger partial charge in [-0.25, -0.2) is 0 Å². The zero-order valence-corrected chi connectivity index (χ0v) is 16.8. The van der Waals surface area contributed by atoms with Crippen LogP contribution >= 0.6 is 11.6 Å². The van der Waals surface area contributed by atoms with E-state index < -0.39 is 0 Å². The number of nitrogens with zero attached hydrogens (tertiary/aromatic N) is 1. The van der Waals surface area contributed by atoms with Gasteiger partial charge in [-0.1, -0.05) is 53.8 Å². The van der Waals surface area contributed by atoms with Crippen molar-refractivity contribution in [1.29, 1.82) is 0 Å². The van der Waals surface area contributed by atoms with Gasteiger partial charge < -0.3 is 9.64 Å². The lowest BCUT2D eigenvalue weighted by atomic mass is 9.95. The average molecular weight is 400 g/mol. The molecule has 0 unspecified atom stereocenters. The number of hydrogen-bond donors (Lipinski definition) is 0. The Kier molecular flexibility index (Phi) is 5.12. The van der Waals surface area contributed by atoms with Crippen LogP contribution in [-0.2, 0) is 4.79 Å². The Bertz CT molecular complexity index is 1170. The van der Waals surface area contributed by atoms with Crippen LogP contribution in [0.25, 0.3) is 11.1 Å². The number of hydrogen-bond acceptors (Lipinski definition) is 2. The van der Waals surface area contributed by atoms with Gasteiger partial charge in [0.2, 0.25) is 0 Å². The fraction of sp³-hybridized carbons (Fsp3) is 0.0800. The van der Waals surface area contributed by atoms with Crippen molar-refractivity contribution in [3.63, 3.8) is 0 Å². The van der Waals surface area contributed by atoms with Crippen molar-refractivity contribution >= 4 is 34.3 Å². The molecular weight excluding hydrogens is 382 g/mol. The third kappa shape index (κ3) is 3.63. The van der Waals surface area contributed by atoms with Crippen LogP contribution in [0.4, 0.5) is 5.69 Å². The normalized spacial score (nSPS) is 14.2. The summed E-state index contributed by atoms with van der Waals surface area (Å²) in [6, 6.07) is 22.7. The number of carbonyl (C=O) groups is 1. The highest BCUT2D eigenvalue weighted by Crippen LogP contribution is 2.39. The second-order valence-electron chi connectivity index (χ2n) is 6.62. The monoisotopic (exact) mass is 399 g/mol. The summed E-state index contributed by atoms with van der Waals surface area (Å²) in [6.45, 7) is 0. The topological polar surface area (TPSA) is 29.5 Å². The molecule has 0 saturated heterocycles. The van der Waals surface area contributed by atoms with E-state index in [4.69, 9.17) is 16.3 Å². The van der Waals surface area contributed by atoms with Crippen molar-refractivity contribution in [3.05, 3.63) is 94.5 Å². The number of allylic oxidation sites excluding steroid dienone is 1. The van der Waals surface area contributed by atoms with E-state index in [9.17, 15) is 4.79 Å². The van der Waals surface area contributed by atoms with E-state index in [-0.39, 0.29) is 5.91 Å². The lowest BCUT2D eigenvalue weighted by Crippen LogP contribution is -2.20. The molecule has 1 amide bonds. The van der Waals surface area contributed by atoms with Gasteiger partial charge in [-0.15, -0.1) is 0 Å². The van der Waals surface area contributed by atoms with Crippen molar-refractivity contribution < 1.29 is 9.53 Å². The van der Waals surface area contributed by atoms with E-state index in [0.717, 1.165) is 28.1 Å². The van der Waals surface area contributed by atoms with E-state index in [1.54, 1.807) is 31.2 Å². The number of fused-ring (bicyclic) bond motifs is 1. The minimum atomic E-state index is -0.0672. The third-order valence-electron chi connectivity index (χ3n) is 4.86. The molecule has 4 rings (SSSR count). The average Bonchev–Trinajstić information content (AvgIpc) is 3.01. The number of methoxy groups -OCH3 is 1. The number of para-hydroxylation sites is 1. The molecule has 4 heteroatoms. The van der Waals surface area contributed by atoms with Crippen LogP contribution in [0, 0.1) is 11.8 Å². The molecule has 0 spiro atoms. The highest BCUT2D eigenvalue weighted by molar-refractivity contribution is 6.38. The number of anilines is 1. The van der Waals surface area contributed by atoms with Crippen LogP contribution in [0.3, 0.4) is 0 Å². The number of rotatable bonds is 2. The number of benzene rings is 3. The van der Waals surface area contributed by atoms with Gasteiger partial charge in [0.1, 0.15) is 5.75 Å². The molecule has 0 radical (unpaired) electrons. The maximum Gasteiger partial charge on any atom is 0.260 e. The van der Waals surface area contributed by atoms with Crippen LogP contribution in [-0.4, -0.2) is 20.1 Å². The smallest absolute Gasteiger partial charge is 0.260 e. The van der Waals surface area contributed by atoms with Gasteiger partial charge in [0.25, 0.3) is 5.91 Å². The van der Waals surface area contributed by atoms with Crippen LogP contribution in [0.5, 0.6) is 5.75 Å². The van der Waals surface area contributed by atoms with Crippen LogP contribution in [0.1, 0.15) is 16.7 Å². The van der Waals surface area contributed by atoms with Gasteiger partial charge in [0, 0.05) is 28.8 Å². The lowest BCUT2D eigenvalue weighted by molar-refractivity contribution is -0.112. The molecular formula is C25H18ClNO2. The Morgan fingerprint density at radius 3 is 2.34 bits per heavy atom. The maximum absolute atomic E-state index is 13.1. The molecule has 0 aliphatic carbocycles. The maximum atomic E-state index is 13.1. The molecule has 0 aromatic heterocycles. The molecule has 3 nitrogen and oxygen atoms in total. The van der Waals surface area contributed by atoms with Gasteiger partial charge >= 0.3 is 0 Å². The second-order valence-corrected chi connectivity index (χ2v) is 7.05. The Labute approximate surface area is 175 Å². The number of carbonyl (C=O) groups excluding carboxylic acids is 1.